The highest BCUT2D eigenvalue weighted by molar-refractivity contribution is 5.84. The van der Waals surface area contributed by atoms with Crippen LogP contribution in [0.25, 0.3) is 11.0 Å². The van der Waals surface area contributed by atoms with E-state index in [4.69, 9.17) is 24.9 Å². The Morgan fingerprint density at radius 2 is 1.96 bits per heavy atom. The number of fused-ring (bicyclic) bond motifs is 1. The van der Waals surface area contributed by atoms with Gasteiger partial charge in [-0.05, 0) is 17.7 Å². The highest BCUT2D eigenvalue weighted by Crippen LogP contribution is 2.23. The normalized spacial score (nSPS) is 9.48. The van der Waals surface area contributed by atoms with Gasteiger partial charge in [0.25, 0.3) is 0 Å². The number of methoxy groups -OCH3 is 1. The van der Waals surface area contributed by atoms with Crippen LogP contribution in [0.2, 0.25) is 0 Å². The van der Waals surface area contributed by atoms with Crippen LogP contribution in [-0.2, 0) is 11.3 Å². The maximum atomic E-state index is 11.6. The molecule has 0 atom stereocenters. The molecule has 0 saturated heterocycles. The van der Waals surface area contributed by atoms with Crippen molar-refractivity contribution in [2.45, 2.75) is 6.61 Å². The second kappa shape index (κ2) is 6.91. The second-order valence-corrected chi connectivity index (χ2v) is 4.45. The molecule has 0 aliphatic rings. The highest BCUT2D eigenvalue weighted by atomic mass is 16.5. The molecule has 2 rings (SSSR count). The van der Waals surface area contributed by atoms with E-state index in [1.165, 1.54) is 19.2 Å². The third kappa shape index (κ3) is 3.36. The molecular formula is C16H10N4O3. The van der Waals surface area contributed by atoms with Gasteiger partial charge in [0, 0.05) is 30.3 Å². The maximum Gasteiger partial charge on any atom is 0.336 e. The Kier molecular flexibility index (Phi) is 4.74. The molecule has 1 heterocycles. The summed E-state index contributed by atoms with van der Waals surface area (Å²) >= 11 is 0. The van der Waals surface area contributed by atoms with Crippen LogP contribution >= 0.6 is 0 Å². The zero-order chi connectivity index (χ0) is 16.8. The Morgan fingerprint density at radius 3 is 2.57 bits per heavy atom. The molecule has 7 heteroatoms. The summed E-state index contributed by atoms with van der Waals surface area (Å²) in [7, 11) is 1.52. The monoisotopic (exact) mass is 306 g/mol. The Bertz CT molecular complexity index is 952. The number of anilines is 1. The van der Waals surface area contributed by atoms with Crippen molar-refractivity contribution in [1.82, 2.24) is 0 Å². The lowest BCUT2D eigenvalue weighted by atomic mass is 10.1. The fourth-order valence-electron chi connectivity index (χ4n) is 2.01. The summed E-state index contributed by atoms with van der Waals surface area (Å²) in [5, 5.41) is 30.0. The van der Waals surface area contributed by atoms with Gasteiger partial charge in [-0.3, -0.25) is 0 Å². The van der Waals surface area contributed by atoms with Gasteiger partial charge in [0.05, 0.1) is 6.61 Å². The number of hydrogen-bond donors (Lipinski definition) is 1. The fourth-order valence-corrected chi connectivity index (χ4v) is 2.01. The average molecular weight is 306 g/mol. The molecule has 1 aromatic heterocycles. The predicted octanol–water partition coefficient (Wildman–Crippen LogP) is 2.18. The summed E-state index contributed by atoms with van der Waals surface area (Å²) < 4.78 is 10.2. The molecule has 23 heavy (non-hydrogen) atoms. The van der Waals surface area contributed by atoms with Gasteiger partial charge in [-0.2, -0.15) is 15.8 Å². The lowest BCUT2D eigenvalue weighted by Gasteiger charge is -2.08. The van der Waals surface area contributed by atoms with Crippen LogP contribution in [0, 0.1) is 34.0 Å². The van der Waals surface area contributed by atoms with Gasteiger partial charge in [0.2, 0.25) is 0 Å². The van der Waals surface area contributed by atoms with Gasteiger partial charge in [-0.15, -0.1) is 0 Å². The Balaban J connectivity index is 2.52. The quantitative estimate of drug-likeness (QED) is 0.678. The average Bonchev–Trinajstić information content (AvgIpc) is 2.54. The minimum atomic E-state index is -0.521. The first-order valence-electron chi connectivity index (χ1n) is 6.40. The fraction of sp³-hybridized carbons (Fsp3) is 0.125. The smallest absolute Gasteiger partial charge is 0.336 e. The van der Waals surface area contributed by atoms with E-state index < -0.39 is 5.63 Å². The summed E-state index contributed by atoms with van der Waals surface area (Å²) in [6.07, 6.45) is 0. The highest BCUT2D eigenvalue weighted by Gasteiger charge is 2.09. The molecule has 0 aliphatic heterocycles. The Hall–Kier alpha value is -3.60. The maximum absolute atomic E-state index is 11.6. The third-order valence-electron chi connectivity index (χ3n) is 2.98. The molecule has 0 saturated carbocycles. The van der Waals surface area contributed by atoms with Crippen molar-refractivity contribution in [3.05, 3.63) is 51.5 Å². The molecular weight excluding hydrogens is 296 g/mol. The van der Waals surface area contributed by atoms with Gasteiger partial charge in [0.15, 0.2) is 5.57 Å². The van der Waals surface area contributed by atoms with Crippen molar-refractivity contribution in [3.63, 3.8) is 0 Å². The van der Waals surface area contributed by atoms with Crippen molar-refractivity contribution in [1.29, 1.82) is 15.8 Å². The minimum Gasteiger partial charge on any atom is -0.423 e. The first kappa shape index (κ1) is 15.8. The lowest BCUT2D eigenvalue weighted by molar-refractivity contribution is 0.185. The molecule has 0 spiro atoms. The number of allylic oxidation sites excluding steroid dienone is 2. The molecule has 1 aromatic carbocycles. The number of ether oxygens (including phenoxy) is 1. The van der Waals surface area contributed by atoms with E-state index in [-0.39, 0.29) is 17.9 Å². The van der Waals surface area contributed by atoms with Crippen molar-refractivity contribution >= 4 is 16.7 Å². The zero-order valence-corrected chi connectivity index (χ0v) is 12.1. The number of nitrogens with zero attached hydrogens (tertiary/aromatic N) is 3. The number of rotatable bonds is 4. The van der Waals surface area contributed by atoms with Crippen molar-refractivity contribution in [2.75, 3.05) is 12.4 Å². The van der Waals surface area contributed by atoms with Crippen LogP contribution < -0.4 is 10.9 Å². The van der Waals surface area contributed by atoms with Gasteiger partial charge in [-0.1, -0.05) is 0 Å². The summed E-state index contributed by atoms with van der Waals surface area (Å²) in [6, 6.07) is 11.2. The van der Waals surface area contributed by atoms with Crippen LogP contribution in [0.15, 0.2) is 44.7 Å². The molecule has 0 unspecified atom stereocenters. The number of benzene rings is 1. The number of nitrogens with one attached hydrogen (secondary N) is 1. The number of nitriles is 3. The van der Waals surface area contributed by atoms with Crippen LogP contribution in [0.4, 0.5) is 5.69 Å². The molecule has 0 bridgehead atoms. The van der Waals surface area contributed by atoms with Crippen molar-refractivity contribution < 1.29 is 9.15 Å². The van der Waals surface area contributed by atoms with Gasteiger partial charge < -0.3 is 14.5 Å². The van der Waals surface area contributed by atoms with E-state index >= 15 is 0 Å². The van der Waals surface area contributed by atoms with Crippen LogP contribution in [0.5, 0.6) is 0 Å². The molecule has 0 fully saturated rings. The third-order valence-corrected chi connectivity index (χ3v) is 2.98. The molecule has 112 valence electrons. The first-order chi connectivity index (χ1) is 11.1. The Labute approximate surface area is 131 Å². The van der Waals surface area contributed by atoms with Crippen LogP contribution in [0.1, 0.15) is 5.56 Å². The molecule has 1 N–H and O–H groups in total. The van der Waals surface area contributed by atoms with Crippen molar-refractivity contribution in [3.8, 4) is 18.2 Å². The van der Waals surface area contributed by atoms with Crippen molar-refractivity contribution in [2.24, 2.45) is 0 Å². The zero-order valence-electron chi connectivity index (χ0n) is 12.1. The van der Waals surface area contributed by atoms with E-state index in [2.05, 4.69) is 5.32 Å². The summed E-state index contributed by atoms with van der Waals surface area (Å²) in [5.74, 6) is 0. The molecule has 2 aromatic rings. The second-order valence-electron chi connectivity index (χ2n) is 4.45. The predicted molar refractivity (Wildman–Crippen MR) is 80.7 cm³/mol. The van der Waals surface area contributed by atoms with E-state index in [0.29, 0.717) is 22.2 Å². The summed E-state index contributed by atoms with van der Waals surface area (Å²) in [5.41, 5.74) is 0.368. The van der Waals surface area contributed by atoms with Gasteiger partial charge in [-0.25, -0.2) is 4.79 Å². The molecule has 7 nitrogen and oxygen atoms in total. The van der Waals surface area contributed by atoms with E-state index in [1.807, 2.05) is 0 Å². The minimum absolute atomic E-state index is 0.176. The SMILES string of the molecule is COCc1cc(=O)oc2cc(NC(C#N)=C(C#N)C#N)ccc12. The molecule has 0 radical (unpaired) electrons. The van der Waals surface area contributed by atoms with Gasteiger partial charge in [0.1, 0.15) is 29.5 Å². The van der Waals surface area contributed by atoms with E-state index in [0.717, 1.165) is 0 Å². The van der Waals surface area contributed by atoms with Crippen LogP contribution in [0.3, 0.4) is 0 Å². The summed E-state index contributed by atoms with van der Waals surface area (Å²) in [4.78, 5) is 11.6. The molecule has 0 amide bonds. The number of hydrogen-bond acceptors (Lipinski definition) is 7. The largest absolute Gasteiger partial charge is 0.423 e. The first-order valence-corrected chi connectivity index (χ1v) is 6.40. The summed E-state index contributed by atoms with van der Waals surface area (Å²) in [6.45, 7) is 0.255. The lowest BCUT2D eigenvalue weighted by Crippen LogP contribution is -2.03. The standard InChI is InChI=1S/C16H10N4O3/c1-22-9-10-4-16(21)23-15-5-12(2-3-13(10)15)20-14(8-19)11(6-17)7-18/h2-5,20H,9H2,1H3. The molecule has 0 aliphatic carbocycles. The van der Waals surface area contributed by atoms with Gasteiger partial charge >= 0.3 is 5.63 Å². The van der Waals surface area contributed by atoms with E-state index in [1.54, 1.807) is 30.3 Å². The Morgan fingerprint density at radius 1 is 1.22 bits per heavy atom. The van der Waals surface area contributed by atoms with Crippen LogP contribution in [-0.4, -0.2) is 7.11 Å². The topological polar surface area (TPSA) is 123 Å². The van der Waals surface area contributed by atoms with E-state index in [9.17, 15) is 4.79 Å².